The van der Waals surface area contributed by atoms with Gasteiger partial charge in [0.2, 0.25) is 47.2 Å². The molecule has 6 rings (SSSR count). The van der Waals surface area contributed by atoms with Gasteiger partial charge < -0.3 is 40.4 Å². The molecule has 2 aromatic carbocycles. The molecule has 0 radical (unpaired) electrons. The van der Waals surface area contributed by atoms with Crippen LogP contribution in [0.3, 0.4) is 0 Å². The molecule has 83 heavy (non-hydrogen) atoms. The number of halogens is 2. The molecule has 1 saturated heterocycles. The number of hydrogen-bond donors (Lipinski definition) is 5. The molecule has 4 atom stereocenters. The molecule has 1 aliphatic heterocycles. The molecule has 0 spiro atoms. The predicted molar refractivity (Wildman–Crippen MR) is 312 cm³/mol. The lowest BCUT2D eigenvalue weighted by Gasteiger charge is -2.25. The number of nitrogens with one attached hydrogen (secondary N) is 4. The van der Waals surface area contributed by atoms with Crippen LogP contribution in [0.25, 0.3) is 16.8 Å². The van der Waals surface area contributed by atoms with E-state index >= 15 is 4.39 Å². The van der Waals surface area contributed by atoms with E-state index in [-0.39, 0.29) is 86.2 Å². The maximum Gasteiger partial charge on any atom is 0.243 e. The Balaban J connectivity index is 0.00000305. The number of hydrogen-bond acceptors (Lipinski definition) is 11. The van der Waals surface area contributed by atoms with Crippen molar-refractivity contribution < 1.29 is 52.2 Å². The zero-order chi connectivity index (χ0) is 61.0. The van der Waals surface area contributed by atoms with Crippen molar-refractivity contribution in [1.29, 1.82) is 0 Å². The third-order valence-corrected chi connectivity index (χ3v) is 14.9. The molecule has 5 N–H and O–H groups in total. The van der Waals surface area contributed by atoms with E-state index in [2.05, 4.69) is 52.1 Å². The number of likely N-dealkylation sites (tertiary alicyclic amines) is 1. The molecule has 0 saturated carbocycles. The fourth-order valence-electron chi connectivity index (χ4n) is 9.49. The number of imidazole rings is 1. The number of carbonyl (C=O) groups is 7. The van der Waals surface area contributed by atoms with E-state index in [9.17, 15) is 43.1 Å². The number of amides is 7. The summed E-state index contributed by atoms with van der Waals surface area (Å²) in [4.78, 5) is 98.0. The van der Waals surface area contributed by atoms with E-state index in [4.69, 9.17) is 4.74 Å². The molecule has 4 heterocycles. The molecule has 1 fully saturated rings. The van der Waals surface area contributed by atoms with E-state index in [1.165, 1.54) is 35.8 Å². The summed E-state index contributed by atoms with van der Waals surface area (Å²) in [6.07, 6.45) is 10.3. The standard InChI is InChI=1S/C58H76F2N10O9.C4H10/c1-9-10-17-36(2)43-29-50(74)69(57(43)78)26-16-12-15-20-47(71)62-31-48(72)63-32-49(73)65-45(28-38-18-13-11-14-19-38)56(77)64-33-51(75)67(7)35-40-30-61-46-24-21-39(34-70(40)46)42-22-23-44(59)52(60)54(42)79-27-25-41-37(3)68(8)66-53(41)55(76)58(4,5)6;1-3-4-2/h11,13-14,18-19,21-24,30,34,36,43,45,55,76H,9-10,12,15-17,20,25-29,31-33,35H2,1-8H3,(H,62,71)(H,63,72)(H,64,77)(H,65,73);3-4H2,1-2H3/t36?,43?,45-,55?;/m0./s1. The summed E-state index contributed by atoms with van der Waals surface area (Å²) >= 11 is 0. The van der Waals surface area contributed by atoms with Crippen molar-refractivity contribution in [2.75, 3.05) is 39.8 Å². The number of benzene rings is 2. The average molecular weight is 1150 g/mol. The van der Waals surface area contributed by atoms with E-state index in [1.54, 1.807) is 71.0 Å². The summed E-state index contributed by atoms with van der Waals surface area (Å²) in [6.45, 7) is 15.0. The number of unbranched alkanes of at least 4 members (excludes halogenated alkanes) is 4. The first-order valence-corrected chi connectivity index (χ1v) is 29.0. The number of fused-ring (bicyclic) bond motifs is 1. The topological polar surface area (TPSA) is 239 Å². The van der Waals surface area contributed by atoms with Crippen LogP contribution in [0.4, 0.5) is 8.78 Å². The highest BCUT2D eigenvalue weighted by atomic mass is 19.2. The molecule has 7 amide bonds. The number of pyridine rings is 1. The summed E-state index contributed by atoms with van der Waals surface area (Å²) in [5, 5.41) is 25.8. The molecular weight excluding hydrogens is 1070 g/mol. The monoisotopic (exact) mass is 1150 g/mol. The second-order valence-electron chi connectivity index (χ2n) is 22.5. The minimum absolute atomic E-state index is 0.0301. The number of nitrogens with zero attached hydrogens (tertiary/aromatic N) is 6. The third kappa shape index (κ3) is 19.0. The Labute approximate surface area is 486 Å². The number of aryl methyl sites for hydroxylation is 1. The Hall–Kier alpha value is -7.55. The number of likely N-dealkylation sites (N-methyl/N-ethyl adjacent to an activating group) is 1. The lowest BCUT2D eigenvalue weighted by atomic mass is 9.85. The second kappa shape index (κ2) is 31.8. The molecular formula is C62H86F2N10O9. The molecule has 3 aromatic heterocycles. The Morgan fingerprint density at radius 3 is 2.25 bits per heavy atom. The van der Waals surface area contributed by atoms with Crippen LogP contribution in [0.1, 0.15) is 147 Å². The third-order valence-electron chi connectivity index (χ3n) is 14.9. The van der Waals surface area contributed by atoms with Gasteiger partial charge in [-0.25, -0.2) is 9.37 Å². The van der Waals surface area contributed by atoms with Gasteiger partial charge in [-0.15, -0.1) is 0 Å². The van der Waals surface area contributed by atoms with E-state index in [0.717, 1.165) is 42.1 Å². The second-order valence-corrected chi connectivity index (χ2v) is 22.5. The van der Waals surface area contributed by atoms with Gasteiger partial charge in [0.05, 0.1) is 50.4 Å². The van der Waals surface area contributed by atoms with Crippen LogP contribution < -0.4 is 26.0 Å². The van der Waals surface area contributed by atoms with Crippen LogP contribution in [0.5, 0.6) is 5.75 Å². The molecule has 19 nitrogen and oxygen atoms in total. The summed E-state index contributed by atoms with van der Waals surface area (Å²) in [5.74, 6) is -5.76. The summed E-state index contributed by atoms with van der Waals surface area (Å²) in [5.41, 5.74) is 4.06. The van der Waals surface area contributed by atoms with E-state index in [0.29, 0.717) is 48.4 Å². The Kier molecular flexibility index (Phi) is 25.4. The van der Waals surface area contributed by atoms with Gasteiger partial charge in [0, 0.05) is 80.8 Å². The maximum atomic E-state index is 15.6. The zero-order valence-corrected chi connectivity index (χ0v) is 50.0. The number of imide groups is 1. The molecule has 3 unspecified atom stereocenters. The Bertz CT molecular complexity index is 3010. The molecule has 5 aromatic rings. The van der Waals surface area contributed by atoms with Crippen LogP contribution >= 0.6 is 0 Å². The molecule has 452 valence electrons. The van der Waals surface area contributed by atoms with E-state index < -0.39 is 65.9 Å². The van der Waals surface area contributed by atoms with Crippen LogP contribution in [-0.2, 0) is 60.0 Å². The number of aliphatic hydroxyl groups excluding tert-OH is 1. The van der Waals surface area contributed by atoms with Crippen LogP contribution in [0, 0.1) is 35.8 Å². The van der Waals surface area contributed by atoms with Crippen molar-refractivity contribution in [3.05, 3.63) is 107 Å². The van der Waals surface area contributed by atoms with Crippen LogP contribution in [0.15, 0.2) is 67.0 Å². The fraction of sp³-hybridized carbons (Fsp3) is 0.532. The zero-order valence-electron chi connectivity index (χ0n) is 50.0. The fourth-order valence-corrected chi connectivity index (χ4v) is 9.49. The molecule has 0 bridgehead atoms. The van der Waals surface area contributed by atoms with Gasteiger partial charge in [-0.05, 0) is 67.3 Å². The lowest BCUT2D eigenvalue weighted by Crippen LogP contribution is -2.52. The first kappa shape index (κ1) is 66.3. The van der Waals surface area contributed by atoms with Crippen molar-refractivity contribution in [2.45, 2.75) is 151 Å². The summed E-state index contributed by atoms with van der Waals surface area (Å²) < 4.78 is 39.7. The van der Waals surface area contributed by atoms with Crippen molar-refractivity contribution in [3.8, 4) is 16.9 Å². The number of rotatable bonds is 29. The highest BCUT2D eigenvalue weighted by Gasteiger charge is 2.40. The molecule has 1 aliphatic rings. The van der Waals surface area contributed by atoms with E-state index in [1.807, 2.05) is 34.6 Å². The van der Waals surface area contributed by atoms with Gasteiger partial charge >= 0.3 is 0 Å². The smallest absolute Gasteiger partial charge is 0.243 e. The van der Waals surface area contributed by atoms with Crippen molar-refractivity contribution in [3.63, 3.8) is 0 Å². The summed E-state index contributed by atoms with van der Waals surface area (Å²) in [7, 11) is 3.31. The molecule has 0 aliphatic carbocycles. The predicted octanol–water partition coefficient (Wildman–Crippen LogP) is 7.63. The first-order valence-electron chi connectivity index (χ1n) is 29.0. The van der Waals surface area contributed by atoms with Gasteiger partial charge in [-0.3, -0.25) is 43.1 Å². The van der Waals surface area contributed by atoms with Gasteiger partial charge in [0.15, 0.2) is 11.6 Å². The largest absolute Gasteiger partial charge is 0.489 e. The maximum absolute atomic E-state index is 15.6. The van der Waals surface area contributed by atoms with Crippen molar-refractivity contribution in [1.82, 2.24) is 50.2 Å². The number of aromatic nitrogens is 4. The average Bonchev–Trinajstić information content (AvgIpc) is 4.16. The minimum atomic E-state index is -1.17. The number of ether oxygens (including phenoxy) is 1. The Morgan fingerprint density at radius 1 is 0.867 bits per heavy atom. The number of carbonyl (C=O) groups excluding carboxylic acids is 7. The highest BCUT2D eigenvalue weighted by molar-refractivity contribution is 6.03. The van der Waals surface area contributed by atoms with Gasteiger partial charge in [0.25, 0.3) is 0 Å². The molecule has 21 heteroatoms. The minimum Gasteiger partial charge on any atom is -0.489 e. The summed E-state index contributed by atoms with van der Waals surface area (Å²) in [6, 6.07) is 13.6. The lowest BCUT2D eigenvalue weighted by molar-refractivity contribution is -0.140. The van der Waals surface area contributed by atoms with Crippen LogP contribution in [-0.4, -0.2) is 121 Å². The van der Waals surface area contributed by atoms with Crippen LogP contribution in [0.2, 0.25) is 0 Å². The SMILES string of the molecule is CCCC.CCCCC(C)C1CC(=O)N(CCCCCC(=O)NCC(=O)NCC(=O)N[C@@H](Cc2ccccc2)C(=O)NCC(=O)N(C)Cc2cnc3ccc(-c4ccc(F)c(F)c4OCCc4c(C(O)C(C)(C)C)nn(C)c4C)cn23)C1=O. The van der Waals surface area contributed by atoms with Crippen molar-refractivity contribution >= 4 is 47.0 Å². The number of aliphatic hydroxyl groups is 1. The van der Waals surface area contributed by atoms with Gasteiger partial charge in [-0.1, -0.05) is 111 Å². The van der Waals surface area contributed by atoms with Gasteiger partial charge in [0.1, 0.15) is 17.8 Å². The van der Waals surface area contributed by atoms with Gasteiger partial charge in [-0.2, -0.15) is 9.49 Å². The Morgan fingerprint density at radius 2 is 1.57 bits per heavy atom. The quantitative estimate of drug-likeness (QED) is 0.0231. The first-order chi connectivity index (χ1) is 39.5. The van der Waals surface area contributed by atoms with Crippen molar-refractivity contribution in [2.24, 2.45) is 24.3 Å². The normalized spacial score (nSPS) is 14.4. The highest BCUT2D eigenvalue weighted by Crippen LogP contribution is 2.37.